The maximum absolute atomic E-state index is 12.1. The van der Waals surface area contributed by atoms with Crippen molar-refractivity contribution in [3.05, 3.63) is 52.7 Å². The van der Waals surface area contributed by atoms with Crippen LogP contribution in [0.25, 0.3) is 6.08 Å². The summed E-state index contributed by atoms with van der Waals surface area (Å²) in [6, 6.07) is 5.48. The predicted octanol–water partition coefficient (Wildman–Crippen LogP) is 5.29. The number of aryl methyl sites for hydroxylation is 1. The van der Waals surface area contributed by atoms with Gasteiger partial charge >= 0.3 is 5.97 Å². The SMILES string of the molecule is COC(=O)C1NCCc2ccc(OCCc3nc(/C=C/CCCSC(C)(C)C)oc3C)cc21. The van der Waals surface area contributed by atoms with Gasteiger partial charge in [-0.25, -0.2) is 9.78 Å². The van der Waals surface area contributed by atoms with Gasteiger partial charge in [-0.15, -0.1) is 0 Å². The number of benzene rings is 1. The minimum Gasteiger partial charge on any atom is -0.493 e. The summed E-state index contributed by atoms with van der Waals surface area (Å²) in [7, 11) is 1.41. The zero-order valence-corrected chi connectivity index (χ0v) is 21.2. The van der Waals surface area contributed by atoms with Crippen molar-refractivity contribution in [2.75, 3.05) is 26.0 Å². The number of oxazole rings is 1. The average Bonchev–Trinajstić information content (AvgIpc) is 3.13. The maximum atomic E-state index is 12.1. The molecule has 1 aliphatic heterocycles. The molecule has 0 spiro atoms. The minimum absolute atomic E-state index is 0.278. The van der Waals surface area contributed by atoms with Crippen molar-refractivity contribution >= 4 is 23.8 Å². The van der Waals surface area contributed by atoms with E-state index < -0.39 is 6.04 Å². The third-order valence-corrected chi connectivity index (χ3v) is 6.79. The lowest BCUT2D eigenvalue weighted by Gasteiger charge is -2.25. The Morgan fingerprint density at radius 3 is 2.94 bits per heavy atom. The van der Waals surface area contributed by atoms with Crippen molar-refractivity contribution in [1.82, 2.24) is 10.3 Å². The molecule has 1 aromatic heterocycles. The molecule has 1 aromatic carbocycles. The molecular weight excluding hydrogens is 436 g/mol. The Kier molecular flexibility index (Phi) is 9.03. The molecule has 0 bridgehead atoms. The number of nitrogens with zero attached hydrogens (tertiary/aromatic N) is 1. The van der Waals surface area contributed by atoms with Gasteiger partial charge in [0, 0.05) is 17.7 Å². The van der Waals surface area contributed by atoms with E-state index in [1.165, 1.54) is 7.11 Å². The number of carbonyl (C=O) groups is 1. The summed E-state index contributed by atoms with van der Waals surface area (Å²) in [6.45, 7) is 9.91. The Balaban J connectivity index is 1.50. The first-order valence-corrected chi connectivity index (χ1v) is 12.6. The van der Waals surface area contributed by atoms with E-state index in [4.69, 9.17) is 13.9 Å². The fourth-order valence-electron chi connectivity index (χ4n) is 3.73. The van der Waals surface area contributed by atoms with Crippen LogP contribution in [-0.2, 0) is 22.4 Å². The fraction of sp³-hybridized carbons (Fsp3) is 0.538. The van der Waals surface area contributed by atoms with Crippen LogP contribution in [0.2, 0.25) is 0 Å². The summed E-state index contributed by atoms with van der Waals surface area (Å²) in [4.78, 5) is 16.7. The zero-order valence-electron chi connectivity index (χ0n) is 20.4. The first kappa shape index (κ1) is 25.4. The van der Waals surface area contributed by atoms with E-state index in [2.05, 4.69) is 37.1 Å². The summed E-state index contributed by atoms with van der Waals surface area (Å²) in [5, 5.41) is 3.22. The molecule has 0 fully saturated rings. The monoisotopic (exact) mass is 472 g/mol. The smallest absolute Gasteiger partial charge is 0.327 e. The lowest BCUT2D eigenvalue weighted by atomic mass is 9.94. The van der Waals surface area contributed by atoms with Crippen LogP contribution in [0, 0.1) is 6.92 Å². The van der Waals surface area contributed by atoms with Gasteiger partial charge in [0.2, 0.25) is 5.89 Å². The Labute approximate surface area is 201 Å². The van der Waals surface area contributed by atoms with Crippen LogP contribution >= 0.6 is 11.8 Å². The highest BCUT2D eigenvalue weighted by Crippen LogP contribution is 2.28. The first-order chi connectivity index (χ1) is 15.8. The molecule has 1 atom stereocenters. The van der Waals surface area contributed by atoms with Gasteiger partial charge in [0.1, 0.15) is 17.6 Å². The van der Waals surface area contributed by atoms with E-state index in [0.717, 1.165) is 59.9 Å². The highest BCUT2D eigenvalue weighted by Gasteiger charge is 2.27. The Hall–Kier alpha value is -2.25. The third kappa shape index (κ3) is 7.64. The molecule has 0 saturated heterocycles. The third-order valence-electron chi connectivity index (χ3n) is 5.44. The first-order valence-electron chi connectivity index (χ1n) is 11.6. The lowest BCUT2D eigenvalue weighted by molar-refractivity contribution is -0.143. The van der Waals surface area contributed by atoms with Gasteiger partial charge in [-0.05, 0) is 61.3 Å². The predicted molar refractivity (Wildman–Crippen MR) is 134 cm³/mol. The molecule has 33 heavy (non-hydrogen) atoms. The van der Waals surface area contributed by atoms with Crippen molar-refractivity contribution in [2.24, 2.45) is 0 Å². The standard InChI is InChI=1S/C26H36N2O4S/c1-18-22(28-23(32-18)9-7-6-8-16-33-26(2,3)4)13-15-31-20-11-10-19-12-14-27-24(21(19)17-20)25(29)30-5/h7,9-11,17,24,27H,6,8,12-16H2,1-5H3/b9-7+. The minimum atomic E-state index is -0.443. The molecule has 1 unspecified atom stereocenters. The summed E-state index contributed by atoms with van der Waals surface area (Å²) in [5.74, 6) is 3.08. The molecular formula is C26H36N2O4S. The fourth-order valence-corrected chi connectivity index (χ4v) is 4.65. The summed E-state index contributed by atoms with van der Waals surface area (Å²) in [6.07, 6.45) is 7.79. The van der Waals surface area contributed by atoms with Gasteiger partial charge in [-0.3, -0.25) is 0 Å². The van der Waals surface area contributed by atoms with Crippen LogP contribution < -0.4 is 10.1 Å². The number of aromatic nitrogens is 1. The van der Waals surface area contributed by atoms with Crippen LogP contribution in [-0.4, -0.2) is 41.7 Å². The van der Waals surface area contributed by atoms with Crippen LogP contribution in [0.15, 0.2) is 28.7 Å². The summed E-state index contributed by atoms with van der Waals surface area (Å²) < 4.78 is 17.0. The molecule has 2 aromatic rings. The average molecular weight is 473 g/mol. The Morgan fingerprint density at radius 1 is 1.36 bits per heavy atom. The van der Waals surface area contributed by atoms with E-state index in [0.29, 0.717) is 23.7 Å². The number of allylic oxidation sites excluding steroid dienone is 1. The number of unbranched alkanes of at least 4 members (excludes halogenated alkanes) is 1. The number of hydrogen-bond donors (Lipinski definition) is 1. The second kappa shape index (κ2) is 11.7. The molecule has 0 saturated carbocycles. The molecule has 180 valence electrons. The zero-order chi connectivity index (χ0) is 23.8. The van der Waals surface area contributed by atoms with Crippen molar-refractivity contribution in [3.63, 3.8) is 0 Å². The van der Waals surface area contributed by atoms with Crippen molar-refractivity contribution in [3.8, 4) is 5.75 Å². The molecule has 0 radical (unpaired) electrons. The quantitative estimate of drug-likeness (QED) is 0.372. The number of carbonyl (C=O) groups excluding carboxylic acids is 1. The second-order valence-corrected chi connectivity index (χ2v) is 11.1. The van der Waals surface area contributed by atoms with E-state index in [9.17, 15) is 4.79 Å². The number of nitrogens with one attached hydrogen (secondary N) is 1. The van der Waals surface area contributed by atoms with Crippen LogP contribution in [0.4, 0.5) is 0 Å². The molecule has 0 aliphatic carbocycles. The number of ether oxygens (including phenoxy) is 2. The van der Waals surface area contributed by atoms with E-state index >= 15 is 0 Å². The van der Waals surface area contributed by atoms with Crippen molar-refractivity contribution < 1.29 is 18.7 Å². The van der Waals surface area contributed by atoms with Gasteiger partial charge in [-0.2, -0.15) is 11.8 Å². The summed E-state index contributed by atoms with van der Waals surface area (Å²) in [5.41, 5.74) is 2.99. The molecule has 0 amide bonds. The number of esters is 1. The summed E-state index contributed by atoms with van der Waals surface area (Å²) >= 11 is 1.99. The van der Waals surface area contributed by atoms with Crippen molar-refractivity contribution in [2.45, 2.75) is 64.2 Å². The normalized spacial score (nSPS) is 16.1. The van der Waals surface area contributed by atoms with Crippen molar-refractivity contribution in [1.29, 1.82) is 0 Å². The highest BCUT2D eigenvalue weighted by molar-refractivity contribution is 8.00. The van der Waals surface area contributed by atoms with Gasteiger partial charge in [0.05, 0.1) is 19.4 Å². The highest BCUT2D eigenvalue weighted by atomic mass is 32.2. The topological polar surface area (TPSA) is 73.6 Å². The molecule has 1 N–H and O–H groups in total. The lowest BCUT2D eigenvalue weighted by Crippen LogP contribution is -2.35. The largest absolute Gasteiger partial charge is 0.493 e. The van der Waals surface area contributed by atoms with Gasteiger partial charge < -0.3 is 19.2 Å². The van der Waals surface area contributed by atoms with Crippen LogP contribution in [0.1, 0.15) is 68.1 Å². The Morgan fingerprint density at radius 2 is 2.18 bits per heavy atom. The number of hydrogen-bond acceptors (Lipinski definition) is 7. The van der Waals surface area contributed by atoms with Gasteiger partial charge in [0.15, 0.2) is 0 Å². The second-order valence-electron chi connectivity index (χ2n) is 9.18. The number of rotatable bonds is 10. The van der Waals surface area contributed by atoms with Gasteiger partial charge in [0.25, 0.3) is 0 Å². The van der Waals surface area contributed by atoms with E-state index in [-0.39, 0.29) is 5.97 Å². The molecule has 2 heterocycles. The van der Waals surface area contributed by atoms with E-state index in [1.807, 2.05) is 43.0 Å². The molecule has 1 aliphatic rings. The van der Waals surface area contributed by atoms with E-state index in [1.54, 1.807) is 0 Å². The number of methoxy groups -OCH3 is 1. The maximum Gasteiger partial charge on any atom is 0.327 e. The number of thioether (sulfide) groups is 1. The molecule has 7 heteroatoms. The Bertz CT molecular complexity index is 962. The molecule has 3 rings (SSSR count). The van der Waals surface area contributed by atoms with Crippen LogP contribution in [0.3, 0.4) is 0 Å². The molecule has 6 nitrogen and oxygen atoms in total. The van der Waals surface area contributed by atoms with Crippen LogP contribution in [0.5, 0.6) is 5.75 Å². The number of fused-ring (bicyclic) bond motifs is 1. The van der Waals surface area contributed by atoms with Gasteiger partial charge in [-0.1, -0.05) is 32.9 Å².